The Morgan fingerprint density at radius 3 is 2.00 bits per heavy atom. The number of rotatable bonds is 5. The Kier molecular flexibility index (Phi) is 7.54. The lowest BCUT2D eigenvalue weighted by atomic mass is 9.96. The van der Waals surface area contributed by atoms with Crippen molar-refractivity contribution in [1.29, 1.82) is 0 Å². The van der Waals surface area contributed by atoms with E-state index in [1.807, 2.05) is 30.3 Å². The van der Waals surface area contributed by atoms with Crippen LogP contribution in [0.2, 0.25) is 0 Å². The monoisotopic (exact) mass is 520 g/mol. The predicted octanol–water partition coefficient (Wildman–Crippen LogP) is 6.29. The third-order valence-electron chi connectivity index (χ3n) is 7.77. The zero-order valence-corrected chi connectivity index (χ0v) is 24.2. The summed E-state index contributed by atoms with van der Waals surface area (Å²) in [5.41, 5.74) is 2.13. The maximum absolute atomic E-state index is 13.4. The third kappa shape index (κ3) is 6.65. The molecule has 2 aromatic carbocycles. The molecule has 2 N–H and O–H groups in total. The molecule has 2 heterocycles. The molecule has 2 fully saturated rings. The molecule has 0 amide bonds. The first kappa shape index (κ1) is 28.3. The van der Waals surface area contributed by atoms with E-state index in [4.69, 9.17) is 9.47 Å². The number of benzene rings is 2. The minimum Gasteiger partial charge on any atom is -0.459 e. The molecular weight excluding hydrogens is 476 g/mol. The molecule has 6 heteroatoms. The van der Waals surface area contributed by atoms with E-state index in [2.05, 4.69) is 66.0 Å². The van der Waals surface area contributed by atoms with Gasteiger partial charge in [0.25, 0.3) is 0 Å². The summed E-state index contributed by atoms with van der Waals surface area (Å²) in [6.07, 6.45) is 2.89. The Morgan fingerprint density at radius 1 is 0.737 bits per heavy atom. The standard InChI is InChI=1S/C32H44N2O4/c1-29(2)18-17-23(19-30(3,4)33-29)37-28(36)25-12-10-9-11-24(25)21-13-15-22(16-14-21)27(35)38-26-20-31(5,6)34-32(26,7)8/h9-16,23,26,33-34H,17-20H2,1-8H3. The molecule has 2 saturated heterocycles. The van der Waals surface area contributed by atoms with Crippen LogP contribution < -0.4 is 10.6 Å². The first-order chi connectivity index (χ1) is 17.6. The Balaban J connectivity index is 1.48. The fourth-order valence-corrected chi connectivity index (χ4v) is 6.35. The van der Waals surface area contributed by atoms with E-state index >= 15 is 0 Å². The second-order valence-electron chi connectivity index (χ2n) is 13.6. The summed E-state index contributed by atoms with van der Waals surface area (Å²) >= 11 is 0. The highest BCUT2D eigenvalue weighted by Gasteiger charge is 2.46. The van der Waals surface area contributed by atoms with Crippen molar-refractivity contribution in [2.45, 2.75) is 115 Å². The van der Waals surface area contributed by atoms with E-state index in [9.17, 15) is 9.59 Å². The quantitative estimate of drug-likeness (QED) is 0.452. The third-order valence-corrected chi connectivity index (χ3v) is 7.77. The van der Waals surface area contributed by atoms with Crippen LogP contribution in [0, 0.1) is 0 Å². The number of carbonyl (C=O) groups excluding carboxylic acids is 2. The summed E-state index contributed by atoms with van der Waals surface area (Å²) in [6.45, 7) is 17.1. The zero-order chi connectivity index (χ0) is 27.9. The fraction of sp³-hybridized carbons (Fsp3) is 0.562. The fourth-order valence-electron chi connectivity index (χ4n) is 6.35. The van der Waals surface area contributed by atoms with Gasteiger partial charge in [-0.15, -0.1) is 0 Å². The van der Waals surface area contributed by atoms with Crippen LogP contribution in [0.5, 0.6) is 0 Å². The zero-order valence-electron chi connectivity index (χ0n) is 24.2. The van der Waals surface area contributed by atoms with Crippen molar-refractivity contribution in [3.63, 3.8) is 0 Å². The van der Waals surface area contributed by atoms with Gasteiger partial charge in [-0.2, -0.15) is 0 Å². The summed E-state index contributed by atoms with van der Waals surface area (Å²) in [5.74, 6) is -0.655. The van der Waals surface area contributed by atoms with E-state index < -0.39 is 0 Å². The number of esters is 2. The van der Waals surface area contributed by atoms with Gasteiger partial charge in [-0.25, -0.2) is 9.59 Å². The first-order valence-electron chi connectivity index (χ1n) is 13.8. The van der Waals surface area contributed by atoms with Gasteiger partial charge in [0.15, 0.2) is 0 Å². The van der Waals surface area contributed by atoms with Crippen LogP contribution in [0.1, 0.15) is 102 Å². The van der Waals surface area contributed by atoms with Gasteiger partial charge in [0.05, 0.1) is 16.7 Å². The molecule has 0 aliphatic carbocycles. The summed E-state index contributed by atoms with van der Waals surface area (Å²) in [7, 11) is 0. The van der Waals surface area contributed by atoms with Crippen molar-refractivity contribution in [3.8, 4) is 11.1 Å². The molecule has 38 heavy (non-hydrogen) atoms. The molecule has 2 unspecified atom stereocenters. The van der Waals surface area contributed by atoms with Gasteiger partial charge >= 0.3 is 11.9 Å². The Labute approximate surface area is 227 Å². The molecule has 2 aliphatic heterocycles. The van der Waals surface area contributed by atoms with E-state index in [0.29, 0.717) is 11.1 Å². The highest BCUT2D eigenvalue weighted by Crippen LogP contribution is 2.34. The van der Waals surface area contributed by atoms with Crippen LogP contribution in [-0.2, 0) is 9.47 Å². The van der Waals surface area contributed by atoms with Crippen LogP contribution in [-0.4, -0.2) is 46.3 Å². The molecule has 2 atom stereocenters. The smallest absolute Gasteiger partial charge is 0.339 e. The highest BCUT2D eigenvalue weighted by atomic mass is 16.5. The topological polar surface area (TPSA) is 76.7 Å². The molecular formula is C32H44N2O4. The lowest BCUT2D eigenvalue weighted by Crippen LogP contribution is -2.50. The van der Waals surface area contributed by atoms with Crippen molar-refractivity contribution in [2.75, 3.05) is 0 Å². The highest BCUT2D eigenvalue weighted by molar-refractivity contribution is 5.98. The molecule has 0 spiro atoms. The average molecular weight is 521 g/mol. The normalized spacial score (nSPS) is 25.3. The van der Waals surface area contributed by atoms with Gasteiger partial charge in [-0.05, 0) is 97.6 Å². The maximum Gasteiger partial charge on any atom is 0.339 e. The Hall–Kier alpha value is -2.70. The predicted molar refractivity (Wildman–Crippen MR) is 151 cm³/mol. The van der Waals surface area contributed by atoms with Gasteiger partial charge in [-0.1, -0.05) is 30.3 Å². The SMILES string of the molecule is CC1(C)CCC(OC(=O)c2ccccc2-c2ccc(C(=O)OC3CC(C)(C)NC3(C)C)cc2)CC(C)(C)N1. The second kappa shape index (κ2) is 10.1. The van der Waals surface area contributed by atoms with E-state index in [0.717, 1.165) is 36.8 Å². The largest absolute Gasteiger partial charge is 0.459 e. The number of nitrogens with one attached hydrogen (secondary N) is 2. The molecule has 2 aromatic rings. The van der Waals surface area contributed by atoms with Crippen molar-refractivity contribution in [3.05, 3.63) is 59.7 Å². The lowest BCUT2D eigenvalue weighted by molar-refractivity contribution is 0.0170. The molecule has 206 valence electrons. The molecule has 0 bridgehead atoms. The number of hydrogen-bond acceptors (Lipinski definition) is 6. The number of ether oxygens (including phenoxy) is 2. The second-order valence-corrected chi connectivity index (χ2v) is 13.6. The van der Waals surface area contributed by atoms with Crippen LogP contribution in [0.15, 0.2) is 48.5 Å². The van der Waals surface area contributed by atoms with E-state index in [1.54, 1.807) is 18.2 Å². The van der Waals surface area contributed by atoms with Gasteiger partial charge in [0, 0.05) is 29.5 Å². The minimum atomic E-state index is -0.339. The Morgan fingerprint density at radius 2 is 1.37 bits per heavy atom. The van der Waals surface area contributed by atoms with E-state index in [1.165, 1.54) is 0 Å². The van der Waals surface area contributed by atoms with Crippen LogP contribution >= 0.6 is 0 Å². The Bertz CT molecular complexity index is 1180. The minimum absolute atomic E-state index is 0.00824. The van der Waals surface area contributed by atoms with Crippen molar-refractivity contribution >= 4 is 11.9 Å². The van der Waals surface area contributed by atoms with E-state index in [-0.39, 0.29) is 46.3 Å². The van der Waals surface area contributed by atoms with Crippen molar-refractivity contribution in [1.82, 2.24) is 10.6 Å². The molecule has 0 saturated carbocycles. The van der Waals surface area contributed by atoms with Gasteiger partial charge in [-0.3, -0.25) is 0 Å². The maximum atomic E-state index is 13.4. The molecule has 0 radical (unpaired) electrons. The van der Waals surface area contributed by atoms with Crippen molar-refractivity contribution < 1.29 is 19.1 Å². The summed E-state index contributed by atoms with van der Waals surface area (Å²) < 4.78 is 12.0. The molecule has 0 aromatic heterocycles. The number of hydrogen-bond donors (Lipinski definition) is 2. The molecule has 6 nitrogen and oxygen atoms in total. The van der Waals surface area contributed by atoms with Gasteiger partial charge < -0.3 is 20.1 Å². The number of carbonyl (C=O) groups is 2. The molecule has 4 rings (SSSR count). The summed E-state index contributed by atoms with van der Waals surface area (Å²) in [4.78, 5) is 26.3. The van der Waals surface area contributed by atoms with Crippen LogP contribution in [0.4, 0.5) is 0 Å². The molecule has 2 aliphatic rings. The van der Waals surface area contributed by atoms with Crippen LogP contribution in [0.3, 0.4) is 0 Å². The van der Waals surface area contributed by atoms with Crippen molar-refractivity contribution in [2.24, 2.45) is 0 Å². The van der Waals surface area contributed by atoms with Gasteiger partial charge in [0.2, 0.25) is 0 Å². The lowest BCUT2D eigenvalue weighted by Gasteiger charge is -2.34. The average Bonchev–Trinajstić information content (AvgIpc) is 2.94. The first-order valence-corrected chi connectivity index (χ1v) is 13.8. The summed E-state index contributed by atoms with van der Waals surface area (Å²) in [6, 6.07) is 14.8. The van der Waals surface area contributed by atoms with Crippen LogP contribution in [0.25, 0.3) is 11.1 Å². The summed E-state index contributed by atoms with van der Waals surface area (Å²) in [5, 5.41) is 7.23. The van der Waals surface area contributed by atoms with Gasteiger partial charge in [0.1, 0.15) is 12.2 Å².